The maximum Gasteiger partial charge on any atom is 1.00 e. The summed E-state index contributed by atoms with van der Waals surface area (Å²) in [4.78, 5) is 35.9. The van der Waals surface area contributed by atoms with Crippen molar-refractivity contribution < 1.29 is 168 Å². The molecule has 0 aliphatic carbocycles. The van der Waals surface area contributed by atoms with Crippen molar-refractivity contribution in [1.82, 2.24) is 5.32 Å². The monoisotopic (exact) mass is 1420 g/mol. The van der Waals surface area contributed by atoms with Crippen molar-refractivity contribution in [1.29, 1.82) is 0 Å². The van der Waals surface area contributed by atoms with Gasteiger partial charge in [0.25, 0.3) is 5.92 Å². The van der Waals surface area contributed by atoms with Crippen LogP contribution in [0.4, 0.5) is 56.9 Å². The molecular weight excluding hydrogens is 1310 g/mol. The van der Waals surface area contributed by atoms with Gasteiger partial charge in [0.05, 0.1) is 30.5 Å². The second-order valence-corrected chi connectivity index (χ2v) is 26.4. The molecule has 1 aliphatic rings. The van der Waals surface area contributed by atoms with Crippen LogP contribution < -0.4 is 56.7 Å². The molecule has 0 saturated carbocycles. The van der Waals surface area contributed by atoms with Crippen LogP contribution in [0, 0.1) is 11.2 Å². The minimum absolute atomic E-state index is 0. The number of ether oxygens (including phenoxy) is 5. The van der Waals surface area contributed by atoms with Gasteiger partial charge in [0.1, 0.15) is 34.2 Å². The molecular formula is C59H110BF13KN2O13S2-. The predicted octanol–water partition coefficient (Wildman–Crippen LogP) is 14.0. The third-order valence-electron chi connectivity index (χ3n) is 11.2. The van der Waals surface area contributed by atoms with Crippen molar-refractivity contribution in [3.63, 3.8) is 0 Å². The van der Waals surface area contributed by atoms with Crippen molar-refractivity contribution in [2.75, 3.05) is 45.0 Å². The summed E-state index contributed by atoms with van der Waals surface area (Å²) in [6.45, 7) is 25.0. The number of carbonyl (C=O) groups is 3. The molecule has 542 valence electrons. The molecule has 0 aromatic carbocycles. The van der Waals surface area contributed by atoms with Gasteiger partial charge in [0, 0.05) is 70.9 Å². The van der Waals surface area contributed by atoms with Gasteiger partial charge in [-0.15, -0.1) is 0 Å². The van der Waals surface area contributed by atoms with Crippen molar-refractivity contribution in [3.8, 4) is 0 Å². The van der Waals surface area contributed by atoms with Gasteiger partial charge in [-0.2, -0.15) is 46.8 Å². The van der Waals surface area contributed by atoms with Crippen LogP contribution in [0.25, 0.3) is 0 Å². The van der Waals surface area contributed by atoms with E-state index in [9.17, 15) is 88.1 Å². The molecule has 0 fully saturated rings. The standard InChI is InChI=1S/C12H19F6O3S.C10H21NO2.C10H20O4S.C8H17BF3O.C8H12F4O3.C7H16.C4H5N.K/c1-9(2)21-7-5-3-4-6-10(8-11(13,14)15)22(19,20)12(16,17)18;1-4-11-10(12)7-5-6-8-13-9(2)3;1-9(2)14-7-5-4-6-10(11)8-15(3,12)13;1-8(2)13-7-5-3-4-6-9(10,11)12;1-5(2)15-8(11,12)4-7(9,10)3-6(13)14;1-4-7(5-2)6-3;1-2-4-5-3-1;/h9H,3-8H2,1-2H3;9H,4-8H2,1-3H3,(H,11,12);9H,4-8H2,1-3H3;8H,3-7H2,1-2H3;5H,3-4H2,1-2H3,(H,13,14);7H,4-6H2,1-3H3;1,3-4H,2H2;/q-1;;;-1;;;;+1. The van der Waals surface area contributed by atoms with Crippen molar-refractivity contribution >= 4 is 50.5 Å². The van der Waals surface area contributed by atoms with Gasteiger partial charge < -0.3 is 47.1 Å². The Hall–Kier alpha value is -1.49. The molecule has 32 heteroatoms. The van der Waals surface area contributed by atoms with E-state index in [4.69, 9.17) is 24.1 Å². The third-order valence-corrected chi connectivity index (χ3v) is 13.7. The van der Waals surface area contributed by atoms with E-state index in [1.807, 2.05) is 60.8 Å². The number of hydrogen-bond donors (Lipinski definition) is 2. The molecule has 0 unspecified atom stereocenters. The molecule has 1 heterocycles. The molecule has 0 saturated heterocycles. The number of amides is 1. The fourth-order valence-corrected chi connectivity index (χ4v) is 8.66. The van der Waals surface area contributed by atoms with E-state index in [-0.39, 0.29) is 106 Å². The van der Waals surface area contributed by atoms with Gasteiger partial charge in [0.2, 0.25) is 5.91 Å². The number of nitrogens with zero attached hydrogens (tertiary/aromatic N) is 1. The molecule has 15 nitrogen and oxygen atoms in total. The van der Waals surface area contributed by atoms with Crippen LogP contribution in [0.2, 0.25) is 6.32 Å². The SMILES string of the molecule is C1=CN=CC1.CC(C)OC(F)(F)CC(F)(F)CC(=O)O.CC(C)OCCCCC(=O)CS(C)(=O)=O.CC(C)OCCCCC[B-](F)(F)F.CC(C)OCCCCC[C-](CC(F)(F)F)S(=O)(=O)C(F)(F)F.CCC(CC)CC.CCNC(=O)CCCCOC(C)C.[K+]. The molecule has 91 heavy (non-hydrogen) atoms. The number of Topliss-reactive ketones (excluding diaryl/α,β-unsaturated/α-hetero) is 1. The van der Waals surface area contributed by atoms with Crippen molar-refractivity contribution in [2.24, 2.45) is 10.9 Å². The number of unbranched alkanes of at least 4 members (excludes halogenated alkanes) is 6. The first-order chi connectivity index (χ1) is 41.0. The molecule has 0 bridgehead atoms. The second kappa shape index (κ2) is 58.6. The van der Waals surface area contributed by atoms with E-state index >= 15 is 0 Å². The number of ketones is 1. The van der Waals surface area contributed by atoms with Gasteiger partial charge in [0.15, 0.2) is 9.84 Å². The first-order valence-electron chi connectivity index (χ1n) is 30.7. The molecule has 2 N–H and O–H groups in total. The van der Waals surface area contributed by atoms with Crippen LogP contribution in [0.15, 0.2) is 17.3 Å². The van der Waals surface area contributed by atoms with E-state index in [1.54, 1.807) is 20.0 Å². The topological polar surface area (TPSA) is 210 Å². The Morgan fingerprint density at radius 1 is 0.626 bits per heavy atom. The number of rotatable bonds is 40. The fourth-order valence-electron chi connectivity index (χ4n) is 6.84. The molecule has 0 spiro atoms. The molecule has 0 radical (unpaired) electrons. The van der Waals surface area contributed by atoms with E-state index in [0.29, 0.717) is 58.0 Å². The van der Waals surface area contributed by atoms with Gasteiger partial charge in [-0.05, 0) is 121 Å². The summed E-state index contributed by atoms with van der Waals surface area (Å²) in [5, 5.41) is 9.30. The first-order valence-corrected chi connectivity index (χ1v) is 34.3. The quantitative estimate of drug-likeness (QED) is 0.0253. The van der Waals surface area contributed by atoms with Crippen LogP contribution in [-0.2, 0) is 57.7 Å². The van der Waals surface area contributed by atoms with Gasteiger partial charge in [-0.25, -0.2) is 17.2 Å². The number of carbonyl (C=O) groups excluding carboxylic acids is 2. The second-order valence-electron chi connectivity index (χ2n) is 22.3. The number of carboxylic acids is 1. The summed E-state index contributed by atoms with van der Waals surface area (Å²) in [5.41, 5.74) is -5.71. The van der Waals surface area contributed by atoms with Crippen LogP contribution in [0.1, 0.15) is 225 Å². The van der Waals surface area contributed by atoms with E-state index in [0.717, 1.165) is 57.4 Å². The van der Waals surface area contributed by atoms with Crippen LogP contribution in [0.5, 0.6) is 0 Å². The van der Waals surface area contributed by atoms with Crippen molar-refractivity contribution in [3.05, 3.63) is 17.5 Å². The minimum Gasteiger partial charge on any atom is -0.481 e. The summed E-state index contributed by atoms with van der Waals surface area (Å²) >= 11 is 0. The Morgan fingerprint density at radius 2 is 1.04 bits per heavy atom. The predicted molar refractivity (Wildman–Crippen MR) is 330 cm³/mol. The summed E-state index contributed by atoms with van der Waals surface area (Å²) in [6.07, 6.45) is 2.09. The molecule has 0 atom stereocenters. The fraction of sp³-hybridized carbons (Fsp3) is 0.881. The number of hydrogen-bond acceptors (Lipinski definition) is 13. The number of alkyl halides is 10. The first kappa shape index (κ1) is 103. The Balaban J connectivity index is -0.000000186. The van der Waals surface area contributed by atoms with Crippen LogP contribution in [0.3, 0.4) is 0 Å². The minimum atomic E-state index is -5.91. The van der Waals surface area contributed by atoms with Crippen molar-refractivity contribution in [2.45, 2.75) is 286 Å². The average Bonchev–Trinajstić information content (AvgIpc) is 1.15. The smallest absolute Gasteiger partial charge is 0.481 e. The number of halogens is 13. The van der Waals surface area contributed by atoms with Crippen LogP contribution >= 0.6 is 0 Å². The zero-order valence-electron chi connectivity index (χ0n) is 56.9. The molecule has 1 amide bonds. The summed E-state index contributed by atoms with van der Waals surface area (Å²) in [7, 11) is -9.07. The van der Waals surface area contributed by atoms with Gasteiger partial charge in [-0.3, -0.25) is 27.8 Å². The number of aliphatic imine (C=N–C) groups is 1. The number of sulfone groups is 2. The third kappa shape index (κ3) is 84.6. The largest absolute Gasteiger partial charge is 1.00 e. The zero-order chi connectivity index (χ0) is 71.4. The Morgan fingerprint density at radius 3 is 1.34 bits per heavy atom. The zero-order valence-corrected chi connectivity index (χ0v) is 61.6. The molecule has 0 aromatic rings. The molecule has 0 aromatic heterocycles. The number of allylic oxidation sites excluding steroid dienone is 1. The number of nitrogens with one attached hydrogen (secondary N) is 1. The molecule has 1 aliphatic heterocycles. The molecule has 1 rings (SSSR count). The van der Waals surface area contributed by atoms with E-state index in [2.05, 4.69) is 35.8 Å². The normalized spacial score (nSPS) is 12.6. The van der Waals surface area contributed by atoms with Gasteiger partial charge >= 0.3 is 82.1 Å². The number of aliphatic carboxylic acids is 1. The summed E-state index contributed by atoms with van der Waals surface area (Å²) in [6, 6.07) is 0. The Bertz CT molecular complexity index is 2040. The Labute approximate surface area is 579 Å². The van der Waals surface area contributed by atoms with E-state index < -0.39 is 99.7 Å². The summed E-state index contributed by atoms with van der Waals surface area (Å²) in [5.74, 6) is -5.23. The average molecular weight is 1420 g/mol. The Kier molecular flexibility index (Phi) is 66.4. The van der Waals surface area contributed by atoms with Crippen LogP contribution in [-0.4, -0.2) is 152 Å². The maximum atomic E-state index is 12.7. The summed E-state index contributed by atoms with van der Waals surface area (Å²) < 4.78 is 229. The van der Waals surface area contributed by atoms with Gasteiger partial charge in [-0.1, -0.05) is 84.5 Å². The maximum absolute atomic E-state index is 12.7. The number of carboxylic acid groups (broad SMARTS) is 1. The van der Waals surface area contributed by atoms with E-state index in [1.165, 1.54) is 33.1 Å².